The first kappa shape index (κ1) is 20.6. The number of hydrogen-bond acceptors (Lipinski definition) is 3. The number of halogens is 2. The quantitative estimate of drug-likeness (QED) is 0.552. The Kier molecular flexibility index (Phi) is 5.62. The highest BCUT2D eigenvalue weighted by atomic mass is 19.1. The van der Waals surface area contributed by atoms with Crippen molar-refractivity contribution in [3.63, 3.8) is 0 Å². The molecule has 0 bridgehead atoms. The molecule has 0 radical (unpaired) electrons. The first-order valence-corrected chi connectivity index (χ1v) is 10.8. The van der Waals surface area contributed by atoms with E-state index in [1.165, 1.54) is 17.7 Å². The van der Waals surface area contributed by atoms with Crippen LogP contribution in [-0.2, 0) is 11.3 Å². The number of piperidine rings is 1. The summed E-state index contributed by atoms with van der Waals surface area (Å²) in [5.74, 6) is 0.226. The van der Waals surface area contributed by atoms with Gasteiger partial charge < -0.3 is 4.74 Å². The van der Waals surface area contributed by atoms with E-state index in [4.69, 9.17) is 4.74 Å². The van der Waals surface area contributed by atoms with E-state index in [2.05, 4.69) is 34.5 Å². The fraction of sp³-hybridized carbons (Fsp3) is 0.269. The molecule has 1 aliphatic carbocycles. The van der Waals surface area contributed by atoms with Crippen LogP contribution in [-0.4, -0.2) is 30.7 Å². The Morgan fingerprint density at radius 2 is 1.66 bits per heavy atom. The zero-order chi connectivity index (χ0) is 22.1. The van der Waals surface area contributed by atoms with Gasteiger partial charge in [0.05, 0.1) is 12.3 Å². The molecule has 1 saturated heterocycles. The van der Waals surface area contributed by atoms with Gasteiger partial charge in [-0.3, -0.25) is 10.2 Å². The van der Waals surface area contributed by atoms with E-state index < -0.39 is 17.7 Å². The number of para-hydroxylation sites is 1. The van der Waals surface area contributed by atoms with E-state index in [9.17, 15) is 13.6 Å². The van der Waals surface area contributed by atoms with Crippen LogP contribution in [0.25, 0.3) is 11.1 Å². The predicted octanol–water partition coefficient (Wildman–Crippen LogP) is 5.56. The number of rotatable bonds is 6. The van der Waals surface area contributed by atoms with Crippen molar-refractivity contribution in [2.45, 2.75) is 6.54 Å². The Hall–Kier alpha value is -3.25. The minimum Gasteiger partial charge on any atom is -0.449 e. The number of ether oxygens (including phenoxy) is 1. The van der Waals surface area contributed by atoms with Crippen LogP contribution < -0.4 is 5.32 Å². The van der Waals surface area contributed by atoms with Crippen molar-refractivity contribution in [1.29, 1.82) is 0 Å². The summed E-state index contributed by atoms with van der Waals surface area (Å²) in [5.41, 5.74) is 2.43. The van der Waals surface area contributed by atoms with Gasteiger partial charge in [0, 0.05) is 42.7 Å². The van der Waals surface area contributed by atoms with Crippen molar-refractivity contribution in [2.24, 2.45) is 17.8 Å². The third-order valence-electron chi connectivity index (χ3n) is 6.49. The number of nitrogens with one attached hydrogen (secondary N) is 1. The average molecular weight is 434 g/mol. The number of fused-ring (bicyclic) bond motifs is 1. The summed E-state index contributed by atoms with van der Waals surface area (Å²) in [7, 11) is 0. The average Bonchev–Trinajstić information content (AvgIpc) is 3.24. The van der Waals surface area contributed by atoms with Gasteiger partial charge in [0.1, 0.15) is 11.6 Å². The van der Waals surface area contributed by atoms with Crippen LogP contribution in [0.15, 0.2) is 72.8 Å². The number of nitrogens with zero attached hydrogens (tertiary/aromatic N) is 1. The molecule has 164 valence electrons. The summed E-state index contributed by atoms with van der Waals surface area (Å²) in [4.78, 5) is 14.8. The molecule has 3 aromatic rings. The molecule has 1 N–H and O–H groups in total. The van der Waals surface area contributed by atoms with Gasteiger partial charge in [0.15, 0.2) is 0 Å². The molecule has 1 aliphatic heterocycles. The third-order valence-corrected chi connectivity index (χ3v) is 6.49. The minimum absolute atomic E-state index is 0.220. The largest absolute Gasteiger partial charge is 0.449 e. The van der Waals surface area contributed by atoms with Gasteiger partial charge in [0.25, 0.3) is 0 Å². The maximum Gasteiger partial charge on any atom is 0.411 e. The van der Waals surface area contributed by atoms with Crippen molar-refractivity contribution in [2.75, 3.05) is 25.0 Å². The molecule has 1 saturated carbocycles. The van der Waals surface area contributed by atoms with Gasteiger partial charge in [-0.05, 0) is 35.6 Å². The molecule has 0 spiro atoms. The van der Waals surface area contributed by atoms with Gasteiger partial charge in [-0.2, -0.15) is 0 Å². The molecular weight excluding hydrogens is 410 g/mol. The molecule has 3 aromatic carbocycles. The summed E-state index contributed by atoms with van der Waals surface area (Å²) in [6, 6.07) is 20.7. The molecule has 4 nitrogen and oxygen atoms in total. The molecular formula is C26H24F2N2O2. The third kappa shape index (κ3) is 4.36. The molecule has 1 heterocycles. The second-order valence-corrected chi connectivity index (χ2v) is 8.56. The van der Waals surface area contributed by atoms with Crippen molar-refractivity contribution >= 4 is 11.8 Å². The number of amides is 1. The molecule has 6 heteroatoms. The molecule has 2 fully saturated rings. The van der Waals surface area contributed by atoms with Crippen LogP contribution in [0.2, 0.25) is 0 Å². The number of benzene rings is 3. The number of carbonyl (C=O) groups excluding carboxylic acids is 1. The smallest absolute Gasteiger partial charge is 0.411 e. The van der Waals surface area contributed by atoms with Crippen LogP contribution >= 0.6 is 0 Å². The molecule has 0 aromatic heterocycles. The SMILES string of the molecule is O=C(Nc1ccccc1-c1ccc(F)cc1F)OCC1C2CN(Cc3ccccc3)CC12. The van der Waals surface area contributed by atoms with Crippen LogP contribution in [0.1, 0.15) is 5.56 Å². The zero-order valence-electron chi connectivity index (χ0n) is 17.5. The van der Waals surface area contributed by atoms with E-state index in [-0.39, 0.29) is 5.56 Å². The van der Waals surface area contributed by atoms with Crippen molar-refractivity contribution in [3.8, 4) is 11.1 Å². The van der Waals surface area contributed by atoms with Crippen molar-refractivity contribution < 1.29 is 18.3 Å². The van der Waals surface area contributed by atoms with E-state index in [0.29, 0.717) is 35.6 Å². The Balaban J connectivity index is 1.13. The van der Waals surface area contributed by atoms with Crippen molar-refractivity contribution in [1.82, 2.24) is 4.90 Å². The maximum absolute atomic E-state index is 14.2. The standard InChI is InChI=1S/C26H24F2N2O2/c27-18-10-11-19(24(28)12-18)20-8-4-5-9-25(20)29-26(31)32-16-23-21-14-30(15-22(21)23)13-17-6-2-1-3-7-17/h1-12,21-23H,13-16H2,(H,29,31). The molecule has 1 amide bonds. The molecule has 32 heavy (non-hydrogen) atoms. The number of likely N-dealkylation sites (tertiary alicyclic amines) is 1. The maximum atomic E-state index is 14.2. The lowest BCUT2D eigenvalue weighted by Crippen LogP contribution is -2.25. The summed E-state index contributed by atoms with van der Waals surface area (Å²) in [5, 5.41) is 2.71. The van der Waals surface area contributed by atoms with Crippen LogP contribution in [0.5, 0.6) is 0 Å². The Morgan fingerprint density at radius 3 is 2.41 bits per heavy atom. The lowest BCUT2D eigenvalue weighted by molar-refractivity contribution is 0.145. The minimum atomic E-state index is -0.682. The van der Waals surface area contributed by atoms with Crippen LogP contribution in [0.3, 0.4) is 0 Å². The monoisotopic (exact) mass is 434 g/mol. The highest BCUT2D eigenvalue weighted by molar-refractivity contribution is 5.91. The second-order valence-electron chi connectivity index (χ2n) is 8.56. The molecule has 5 rings (SSSR count). The van der Waals surface area contributed by atoms with Gasteiger partial charge >= 0.3 is 6.09 Å². The van der Waals surface area contributed by atoms with Crippen LogP contribution in [0.4, 0.5) is 19.3 Å². The van der Waals surface area contributed by atoms with Crippen LogP contribution in [0, 0.1) is 29.4 Å². The summed E-state index contributed by atoms with van der Waals surface area (Å²) in [6.45, 7) is 3.40. The number of hydrogen-bond donors (Lipinski definition) is 1. The Labute approximate surface area is 185 Å². The first-order chi connectivity index (χ1) is 15.6. The molecule has 2 unspecified atom stereocenters. The van der Waals surface area contributed by atoms with Crippen molar-refractivity contribution in [3.05, 3.63) is 90.0 Å². The predicted molar refractivity (Wildman–Crippen MR) is 119 cm³/mol. The summed E-state index contributed by atoms with van der Waals surface area (Å²) >= 11 is 0. The lowest BCUT2D eigenvalue weighted by Gasteiger charge is -2.19. The van der Waals surface area contributed by atoms with E-state index in [0.717, 1.165) is 25.7 Å². The Bertz CT molecular complexity index is 1110. The lowest BCUT2D eigenvalue weighted by atomic mass is 10.0. The van der Waals surface area contributed by atoms with E-state index in [1.54, 1.807) is 24.3 Å². The normalized spacial score (nSPS) is 21.8. The first-order valence-electron chi connectivity index (χ1n) is 10.8. The second kappa shape index (κ2) is 8.71. The Morgan fingerprint density at radius 1 is 0.938 bits per heavy atom. The highest BCUT2D eigenvalue weighted by Crippen LogP contribution is 2.52. The topological polar surface area (TPSA) is 41.6 Å². The highest BCUT2D eigenvalue weighted by Gasteiger charge is 2.55. The zero-order valence-corrected chi connectivity index (χ0v) is 17.5. The van der Waals surface area contributed by atoms with Gasteiger partial charge in [-0.1, -0.05) is 48.5 Å². The molecule has 2 aliphatic rings. The number of anilines is 1. The fourth-order valence-corrected chi connectivity index (χ4v) is 4.81. The van der Waals surface area contributed by atoms with Gasteiger partial charge in [-0.15, -0.1) is 0 Å². The van der Waals surface area contributed by atoms with E-state index >= 15 is 0 Å². The van der Waals surface area contributed by atoms with Gasteiger partial charge in [0.2, 0.25) is 0 Å². The van der Waals surface area contributed by atoms with E-state index in [1.807, 2.05) is 6.07 Å². The number of carbonyl (C=O) groups is 1. The molecule has 2 atom stereocenters. The summed E-state index contributed by atoms with van der Waals surface area (Å²) < 4.78 is 33.0. The fourth-order valence-electron chi connectivity index (χ4n) is 4.81. The van der Waals surface area contributed by atoms with Gasteiger partial charge in [-0.25, -0.2) is 13.6 Å². The summed E-state index contributed by atoms with van der Waals surface area (Å²) in [6.07, 6.45) is -0.564.